The third-order valence-electron chi connectivity index (χ3n) is 6.17. The molecule has 8 heteroatoms. The van der Waals surface area contributed by atoms with Crippen LogP contribution in [0.1, 0.15) is 37.4 Å². The average molecular weight is 469 g/mol. The molecule has 182 valence electrons. The van der Waals surface area contributed by atoms with Crippen molar-refractivity contribution in [3.05, 3.63) is 59.2 Å². The zero-order valence-electron chi connectivity index (χ0n) is 20.1. The number of aliphatic hydroxyl groups excluding tert-OH is 1. The van der Waals surface area contributed by atoms with Crippen LogP contribution in [0.4, 0.5) is 0 Å². The lowest BCUT2D eigenvalue weighted by Crippen LogP contribution is -2.33. The summed E-state index contributed by atoms with van der Waals surface area (Å²) in [6.07, 6.45) is 0.666. The van der Waals surface area contributed by atoms with Crippen LogP contribution in [-0.4, -0.2) is 72.1 Å². The number of benzene rings is 2. The fourth-order valence-electron chi connectivity index (χ4n) is 4.25. The number of nitrogens with zero attached hydrogens (tertiary/aromatic N) is 2. The van der Waals surface area contributed by atoms with E-state index >= 15 is 0 Å². The first-order valence-electron chi connectivity index (χ1n) is 11.4. The van der Waals surface area contributed by atoms with Crippen LogP contribution in [-0.2, 0) is 9.59 Å². The van der Waals surface area contributed by atoms with Gasteiger partial charge in [-0.1, -0.05) is 32.0 Å². The number of likely N-dealkylation sites (tertiary alicyclic amines) is 1. The van der Waals surface area contributed by atoms with Crippen molar-refractivity contribution in [3.8, 4) is 17.2 Å². The van der Waals surface area contributed by atoms with Gasteiger partial charge in [0.25, 0.3) is 11.7 Å². The molecule has 1 atom stereocenters. The predicted molar refractivity (Wildman–Crippen MR) is 129 cm³/mol. The van der Waals surface area contributed by atoms with Crippen LogP contribution in [0, 0.1) is 0 Å². The number of phenolic OH excluding ortho intramolecular Hbond substituents is 1. The summed E-state index contributed by atoms with van der Waals surface area (Å²) in [7, 11) is 2.94. The highest BCUT2D eigenvalue weighted by Gasteiger charge is 2.46. The highest BCUT2D eigenvalue weighted by Crippen LogP contribution is 2.42. The summed E-state index contributed by atoms with van der Waals surface area (Å²) in [5.74, 6) is -1.02. The molecule has 0 radical (unpaired) electrons. The van der Waals surface area contributed by atoms with E-state index in [0.717, 1.165) is 19.6 Å². The van der Waals surface area contributed by atoms with Crippen molar-refractivity contribution in [2.45, 2.75) is 26.3 Å². The molecule has 1 saturated heterocycles. The second-order valence-electron chi connectivity index (χ2n) is 8.04. The summed E-state index contributed by atoms with van der Waals surface area (Å²) < 4.78 is 10.5. The van der Waals surface area contributed by atoms with E-state index in [2.05, 4.69) is 18.7 Å². The fourth-order valence-corrected chi connectivity index (χ4v) is 4.25. The van der Waals surface area contributed by atoms with Crippen LogP contribution in [0.25, 0.3) is 5.76 Å². The van der Waals surface area contributed by atoms with Crippen LogP contribution in [0.5, 0.6) is 17.2 Å². The van der Waals surface area contributed by atoms with E-state index in [1.165, 1.54) is 25.2 Å². The van der Waals surface area contributed by atoms with Crippen molar-refractivity contribution in [2.24, 2.45) is 0 Å². The number of aromatic hydroxyl groups is 1. The molecule has 2 aromatic carbocycles. The normalized spacial score (nSPS) is 17.4. The number of carbonyl (C=O) groups is 2. The third-order valence-corrected chi connectivity index (χ3v) is 6.17. The van der Waals surface area contributed by atoms with Gasteiger partial charge in [-0.15, -0.1) is 0 Å². The monoisotopic (exact) mass is 468 g/mol. The zero-order valence-corrected chi connectivity index (χ0v) is 20.1. The molecule has 0 aromatic heterocycles. The summed E-state index contributed by atoms with van der Waals surface area (Å²) in [5, 5.41) is 21.2. The smallest absolute Gasteiger partial charge is 0.295 e. The van der Waals surface area contributed by atoms with Gasteiger partial charge in [-0.3, -0.25) is 9.59 Å². The Labute approximate surface area is 200 Å². The van der Waals surface area contributed by atoms with E-state index in [1.807, 2.05) is 0 Å². The second kappa shape index (κ2) is 11.1. The highest BCUT2D eigenvalue weighted by molar-refractivity contribution is 6.46. The predicted octanol–water partition coefficient (Wildman–Crippen LogP) is 3.56. The first-order valence-corrected chi connectivity index (χ1v) is 11.4. The van der Waals surface area contributed by atoms with Gasteiger partial charge < -0.3 is 29.5 Å². The van der Waals surface area contributed by atoms with E-state index in [-0.39, 0.29) is 22.8 Å². The molecule has 0 bridgehead atoms. The Morgan fingerprint density at radius 3 is 2.44 bits per heavy atom. The number of aliphatic hydroxyl groups is 1. The number of ether oxygens (including phenoxy) is 2. The van der Waals surface area contributed by atoms with Crippen molar-refractivity contribution in [3.63, 3.8) is 0 Å². The summed E-state index contributed by atoms with van der Waals surface area (Å²) >= 11 is 0. The topological polar surface area (TPSA) is 99.5 Å². The lowest BCUT2D eigenvalue weighted by atomic mass is 9.95. The number of carbonyl (C=O) groups excluding carboxylic acids is 2. The van der Waals surface area contributed by atoms with E-state index in [0.29, 0.717) is 29.8 Å². The van der Waals surface area contributed by atoms with Gasteiger partial charge in [0, 0.05) is 12.1 Å². The summed E-state index contributed by atoms with van der Waals surface area (Å²) in [6, 6.07) is 10.5. The quantitative estimate of drug-likeness (QED) is 0.312. The molecule has 3 rings (SSSR count). The van der Waals surface area contributed by atoms with Crippen molar-refractivity contribution < 1.29 is 29.3 Å². The number of ketones is 1. The second-order valence-corrected chi connectivity index (χ2v) is 8.04. The van der Waals surface area contributed by atoms with Crippen LogP contribution in [0.3, 0.4) is 0 Å². The lowest BCUT2D eigenvalue weighted by molar-refractivity contribution is -0.140. The maximum atomic E-state index is 13.2. The number of hydrogen-bond acceptors (Lipinski definition) is 7. The van der Waals surface area contributed by atoms with Crippen molar-refractivity contribution in [1.29, 1.82) is 0 Å². The van der Waals surface area contributed by atoms with E-state index in [4.69, 9.17) is 9.47 Å². The number of phenols is 1. The largest absolute Gasteiger partial charge is 0.507 e. The summed E-state index contributed by atoms with van der Waals surface area (Å²) in [5.41, 5.74) is 0.922. The third kappa shape index (κ3) is 5.02. The lowest BCUT2D eigenvalue weighted by Gasteiger charge is -2.27. The van der Waals surface area contributed by atoms with Crippen LogP contribution >= 0.6 is 0 Å². The molecule has 1 unspecified atom stereocenters. The SMILES string of the molecule is CCN(CC)CCCN1C(=O)C(=O)/C(=C(/O)c2cccc(OC)c2)C1c1ccc(O)c(OC)c1. The molecule has 2 aromatic rings. The number of rotatable bonds is 10. The molecule has 8 nitrogen and oxygen atoms in total. The molecule has 2 N–H and O–H groups in total. The minimum absolute atomic E-state index is 0.00571. The minimum Gasteiger partial charge on any atom is -0.507 e. The van der Waals surface area contributed by atoms with E-state index < -0.39 is 17.7 Å². The van der Waals surface area contributed by atoms with Gasteiger partial charge in [-0.2, -0.15) is 0 Å². The molecular formula is C26H32N2O6. The number of amides is 1. The molecule has 0 aliphatic carbocycles. The number of methoxy groups -OCH3 is 2. The van der Waals surface area contributed by atoms with Crippen molar-refractivity contribution in [2.75, 3.05) is 40.4 Å². The Bertz CT molecular complexity index is 1080. The Kier molecular flexibility index (Phi) is 8.17. The molecule has 1 aliphatic rings. The first kappa shape index (κ1) is 25.1. The molecule has 34 heavy (non-hydrogen) atoms. The highest BCUT2D eigenvalue weighted by atomic mass is 16.5. The van der Waals surface area contributed by atoms with Gasteiger partial charge in [0.05, 0.1) is 25.8 Å². The molecule has 0 saturated carbocycles. The molecule has 1 aliphatic heterocycles. The van der Waals surface area contributed by atoms with Gasteiger partial charge in [0.15, 0.2) is 11.5 Å². The summed E-state index contributed by atoms with van der Waals surface area (Å²) in [4.78, 5) is 30.0. The van der Waals surface area contributed by atoms with Gasteiger partial charge in [-0.05, 0) is 55.9 Å². The molecule has 1 fully saturated rings. The standard InChI is InChI=1S/C26H32N2O6/c1-5-27(6-2)13-8-14-28-23(17-11-12-20(29)21(16-17)34-4)22(25(31)26(28)32)24(30)18-9-7-10-19(15-18)33-3/h7,9-12,15-16,23,29-30H,5-6,8,13-14H2,1-4H3/b24-22+. The van der Waals surface area contributed by atoms with Crippen molar-refractivity contribution in [1.82, 2.24) is 9.80 Å². The minimum atomic E-state index is -0.822. The van der Waals surface area contributed by atoms with Gasteiger partial charge in [0.2, 0.25) is 0 Å². The summed E-state index contributed by atoms with van der Waals surface area (Å²) in [6.45, 7) is 7.05. The fraction of sp³-hybridized carbons (Fsp3) is 0.385. The number of hydrogen-bond donors (Lipinski definition) is 2. The van der Waals surface area contributed by atoms with Crippen LogP contribution in [0.15, 0.2) is 48.0 Å². The van der Waals surface area contributed by atoms with E-state index in [1.54, 1.807) is 36.4 Å². The Morgan fingerprint density at radius 1 is 1.06 bits per heavy atom. The van der Waals surface area contributed by atoms with Crippen LogP contribution in [0.2, 0.25) is 0 Å². The Balaban J connectivity index is 2.09. The maximum Gasteiger partial charge on any atom is 0.295 e. The average Bonchev–Trinajstić information content (AvgIpc) is 3.11. The zero-order chi connectivity index (χ0) is 24.8. The maximum absolute atomic E-state index is 13.2. The van der Waals surface area contributed by atoms with Crippen molar-refractivity contribution >= 4 is 17.4 Å². The van der Waals surface area contributed by atoms with Gasteiger partial charge in [-0.25, -0.2) is 0 Å². The molecule has 1 amide bonds. The molecule has 0 spiro atoms. The Morgan fingerprint density at radius 2 is 1.79 bits per heavy atom. The number of Topliss-reactive ketones (excluding diaryl/α,β-unsaturated/α-hetero) is 1. The van der Waals surface area contributed by atoms with E-state index in [9.17, 15) is 19.8 Å². The first-order chi connectivity index (χ1) is 16.4. The van der Waals surface area contributed by atoms with Crippen LogP contribution < -0.4 is 9.47 Å². The van der Waals surface area contributed by atoms with Gasteiger partial charge in [0.1, 0.15) is 11.5 Å². The molecule has 1 heterocycles. The molecular weight excluding hydrogens is 436 g/mol. The van der Waals surface area contributed by atoms with Gasteiger partial charge >= 0.3 is 0 Å². The Hall–Kier alpha value is -3.52.